The summed E-state index contributed by atoms with van der Waals surface area (Å²) in [6.07, 6.45) is 8.39. The molecule has 1 fully saturated rings. The standard InChI is InChI=1S/C22H32NO/c1-4-18-23(2,3)19-12-11-17-22(24,20-13-7-5-8-14-20)21-15-9-6-10-16-21/h4-5,7-8,13-14,21,24H,1,6,9-10,15-19H2,2-3H3/q+1. The summed E-state index contributed by atoms with van der Waals surface area (Å²) in [6, 6.07) is 10.1. The quantitative estimate of drug-likeness (QED) is 0.474. The average molecular weight is 327 g/mol. The average Bonchev–Trinajstić information content (AvgIpc) is 2.60. The topological polar surface area (TPSA) is 20.2 Å². The largest absolute Gasteiger partial charge is 0.384 e. The van der Waals surface area contributed by atoms with E-state index in [1.54, 1.807) is 0 Å². The summed E-state index contributed by atoms with van der Waals surface area (Å²) < 4.78 is 0.809. The van der Waals surface area contributed by atoms with Crippen LogP contribution >= 0.6 is 0 Å². The molecule has 0 heterocycles. The van der Waals surface area contributed by atoms with Gasteiger partial charge in [-0.05, 0) is 36.3 Å². The lowest BCUT2D eigenvalue weighted by Gasteiger charge is -2.38. The predicted octanol–water partition coefficient (Wildman–Crippen LogP) is 4.11. The van der Waals surface area contributed by atoms with Crippen LogP contribution < -0.4 is 0 Å². The van der Waals surface area contributed by atoms with Crippen LogP contribution in [0, 0.1) is 17.8 Å². The summed E-state index contributed by atoms with van der Waals surface area (Å²) in [4.78, 5) is 0. The van der Waals surface area contributed by atoms with Crippen molar-refractivity contribution >= 4 is 0 Å². The van der Waals surface area contributed by atoms with Gasteiger partial charge in [0.2, 0.25) is 0 Å². The molecular weight excluding hydrogens is 294 g/mol. The number of quaternary nitrogens is 1. The Morgan fingerprint density at radius 3 is 2.46 bits per heavy atom. The van der Waals surface area contributed by atoms with Crippen LogP contribution in [-0.4, -0.2) is 36.8 Å². The number of benzene rings is 1. The smallest absolute Gasteiger partial charge is 0.140 e. The number of rotatable bonds is 6. The molecule has 130 valence electrons. The minimum atomic E-state index is -0.815. The van der Waals surface area contributed by atoms with Crippen molar-refractivity contribution in [2.75, 3.05) is 27.2 Å². The van der Waals surface area contributed by atoms with E-state index in [9.17, 15) is 5.11 Å². The first-order valence-corrected chi connectivity index (χ1v) is 9.14. The first-order chi connectivity index (χ1) is 11.5. The molecule has 1 aromatic rings. The van der Waals surface area contributed by atoms with Crippen LogP contribution in [-0.2, 0) is 5.60 Å². The van der Waals surface area contributed by atoms with E-state index >= 15 is 0 Å². The second-order valence-electron chi connectivity index (χ2n) is 7.72. The summed E-state index contributed by atoms with van der Waals surface area (Å²) in [7, 11) is 4.31. The maximum atomic E-state index is 11.5. The lowest BCUT2D eigenvalue weighted by molar-refractivity contribution is -0.877. The summed E-state index contributed by atoms with van der Waals surface area (Å²) in [6.45, 7) is 5.49. The van der Waals surface area contributed by atoms with Gasteiger partial charge in [-0.15, -0.1) is 0 Å². The summed E-state index contributed by atoms with van der Waals surface area (Å²) in [5, 5.41) is 11.5. The molecule has 2 rings (SSSR count). The molecule has 0 bridgehead atoms. The molecular formula is C22H32NO+. The first kappa shape index (κ1) is 18.8. The van der Waals surface area contributed by atoms with Crippen molar-refractivity contribution in [1.82, 2.24) is 0 Å². The van der Waals surface area contributed by atoms with E-state index in [-0.39, 0.29) is 0 Å². The van der Waals surface area contributed by atoms with Gasteiger partial charge in [0.1, 0.15) is 12.1 Å². The van der Waals surface area contributed by atoms with Gasteiger partial charge in [-0.3, -0.25) is 0 Å². The van der Waals surface area contributed by atoms with Crippen molar-refractivity contribution in [3.63, 3.8) is 0 Å². The Hall–Kier alpha value is -1.56. The lowest BCUT2D eigenvalue weighted by atomic mass is 9.72. The Balaban J connectivity index is 2.14. The highest BCUT2D eigenvalue weighted by Crippen LogP contribution is 2.41. The van der Waals surface area contributed by atoms with E-state index in [1.807, 2.05) is 36.4 Å². The van der Waals surface area contributed by atoms with Crippen LogP contribution in [0.2, 0.25) is 0 Å². The predicted molar refractivity (Wildman–Crippen MR) is 101 cm³/mol. The zero-order valence-electron chi connectivity index (χ0n) is 15.3. The van der Waals surface area contributed by atoms with Gasteiger partial charge in [0.05, 0.1) is 20.6 Å². The first-order valence-electron chi connectivity index (χ1n) is 9.14. The molecule has 1 N–H and O–H groups in total. The number of hydrogen-bond acceptors (Lipinski definition) is 1. The highest BCUT2D eigenvalue weighted by molar-refractivity contribution is 5.26. The molecule has 1 saturated carbocycles. The number of hydrogen-bond donors (Lipinski definition) is 1. The van der Waals surface area contributed by atoms with E-state index < -0.39 is 5.60 Å². The van der Waals surface area contributed by atoms with Crippen molar-refractivity contribution in [2.45, 2.75) is 44.1 Å². The molecule has 0 spiro atoms. The maximum Gasteiger partial charge on any atom is 0.140 e. The molecule has 1 aromatic carbocycles. The second kappa shape index (κ2) is 8.51. The van der Waals surface area contributed by atoms with E-state index in [4.69, 9.17) is 0 Å². The fraction of sp³-hybridized carbons (Fsp3) is 0.545. The Morgan fingerprint density at radius 2 is 1.83 bits per heavy atom. The molecule has 2 heteroatoms. The van der Waals surface area contributed by atoms with Crippen molar-refractivity contribution in [3.05, 3.63) is 48.6 Å². The Morgan fingerprint density at radius 1 is 1.17 bits per heavy atom. The van der Waals surface area contributed by atoms with Crippen LogP contribution in [0.25, 0.3) is 0 Å². The van der Waals surface area contributed by atoms with Crippen LogP contribution in [0.15, 0.2) is 43.0 Å². The lowest BCUT2D eigenvalue weighted by Crippen LogP contribution is -2.40. The summed E-state index contributed by atoms with van der Waals surface area (Å²) >= 11 is 0. The molecule has 0 saturated heterocycles. The van der Waals surface area contributed by atoms with Gasteiger partial charge in [-0.2, -0.15) is 0 Å². The molecule has 24 heavy (non-hydrogen) atoms. The molecule has 0 amide bonds. The van der Waals surface area contributed by atoms with Gasteiger partial charge >= 0.3 is 0 Å². The summed E-state index contributed by atoms with van der Waals surface area (Å²) in [5.41, 5.74) is 0.204. The van der Waals surface area contributed by atoms with Crippen LogP contribution in [0.4, 0.5) is 0 Å². The monoisotopic (exact) mass is 326 g/mol. The van der Waals surface area contributed by atoms with Crippen LogP contribution in [0.3, 0.4) is 0 Å². The van der Waals surface area contributed by atoms with Crippen LogP contribution in [0.5, 0.6) is 0 Å². The summed E-state index contributed by atoms with van der Waals surface area (Å²) in [5.74, 6) is 6.89. The SMILES string of the molecule is C=CC[N+](C)(C)CC#CCC(O)(c1ccccc1)C1CCCCC1. The fourth-order valence-corrected chi connectivity index (χ4v) is 3.67. The van der Waals surface area contributed by atoms with Gasteiger partial charge in [0.25, 0.3) is 0 Å². The van der Waals surface area contributed by atoms with Gasteiger partial charge in [-0.1, -0.05) is 62.1 Å². The Bertz CT molecular complexity index is 575. The highest BCUT2D eigenvalue weighted by Gasteiger charge is 2.38. The molecule has 1 aliphatic carbocycles. The van der Waals surface area contributed by atoms with Crippen molar-refractivity contribution in [2.24, 2.45) is 5.92 Å². The minimum Gasteiger partial charge on any atom is -0.384 e. The Kier molecular flexibility index (Phi) is 6.66. The Labute approximate surface area is 147 Å². The number of likely N-dealkylation sites (N-methyl/N-ethyl adjacent to an activating group) is 1. The molecule has 0 radical (unpaired) electrons. The molecule has 1 atom stereocenters. The maximum absolute atomic E-state index is 11.5. The second-order valence-corrected chi connectivity index (χ2v) is 7.72. The highest BCUT2D eigenvalue weighted by atomic mass is 16.3. The number of aliphatic hydroxyl groups is 1. The molecule has 0 aromatic heterocycles. The minimum absolute atomic E-state index is 0.318. The van der Waals surface area contributed by atoms with Gasteiger partial charge < -0.3 is 9.59 Å². The van der Waals surface area contributed by atoms with Crippen molar-refractivity contribution < 1.29 is 9.59 Å². The third kappa shape index (κ3) is 4.97. The third-order valence-corrected chi connectivity index (χ3v) is 5.17. The third-order valence-electron chi connectivity index (χ3n) is 5.17. The van der Waals surface area contributed by atoms with Crippen molar-refractivity contribution in [3.8, 4) is 11.8 Å². The van der Waals surface area contributed by atoms with E-state index in [1.165, 1.54) is 19.3 Å². The molecule has 2 nitrogen and oxygen atoms in total. The van der Waals surface area contributed by atoms with Gasteiger partial charge in [-0.25, -0.2) is 0 Å². The normalized spacial score (nSPS) is 18.3. The molecule has 1 unspecified atom stereocenters. The van der Waals surface area contributed by atoms with Crippen molar-refractivity contribution in [1.29, 1.82) is 0 Å². The number of nitrogens with zero attached hydrogens (tertiary/aromatic N) is 1. The molecule has 1 aliphatic rings. The van der Waals surface area contributed by atoms with Crippen LogP contribution in [0.1, 0.15) is 44.1 Å². The van der Waals surface area contributed by atoms with E-state index in [0.717, 1.165) is 36.0 Å². The van der Waals surface area contributed by atoms with E-state index in [0.29, 0.717) is 12.3 Å². The molecule has 0 aliphatic heterocycles. The zero-order valence-corrected chi connectivity index (χ0v) is 15.3. The van der Waals surface area contributed by atoms with Gasteiger partial charge in [0, 0.05) is 6.42 Å². The zero-order chi connectivity index (χ0) is 17.5. The van der Waals surface area contributed by atoms with E-state index in [2.05, 4.69) is 32.5 Å². The van der Waals surface area contributed by atoms with Gasteiger partial charge in [0.15, 0.2) is 0 Å². The fourth-order valence-electron chi connectivity index (χ4n) is 3.67.